The van der Waals surface area contributed by atoms with Gasteiger partial charge in [0.15, 0.2) is 5.78 Å². The third-order valence-corrected chi connectivity index (χ3v) is 3.57. The summed E-state index contributed by atoms with van der Waals surface area (Å²) < 4.78 is 11.0. The molecule has 1 fully saturated rings. The molecule has 2 N–H and O–H groups in total. The fourth-order valence-corrected chi connectivity index (χ4v) is 2.64. The monoisotopic (exact) mass is 263 g/mol. The highest BCUT2D eigenvalue weighted by molar-refractivity contribution is 6.03. The number of hydrogen-bond donors (Lipinski definition) is 1. The minimum atomic E-state index is -0.385. The largest absolute Gasteiger partial charge is 0.496 e. The maximum absolute atomic E-state index is 12.6. The summed E-state index contributed by atoms with van der Waals surface area (Å²) in [6.07, 6.45) is 1.20. The number of benzene rings is 1. The molecule has 0 saturated carbocycles. The van der Waals surface area contributed by atoms with Gasteiger partial charge in [0, 0.05) is 6.54 Å². The first-order chi connectivity index (χ1) is 9.06. The molecule has 104 valence electrons. The van der Waals surface area contributed by atoms with E-state index in [1.54, 1.807) is 7.11 Å². The number of rotatable bonds is 4. The van der Waals surface area contributed by atoms with Crippen molar-refractivity contribution in [3.8, 4) is 5.75 Å². The van der Waals surface area contributed by atoms with Gasteiger partial charge in [-0.2, -0.15) is 0 Å². The Bertz CT molecular complexity index is 485. The van der Waals surface area contributed by atoms with Crippen molar-refractivity contribution in [2.75, 3.05) is 13.7 Å². The SMILES string of the molecule is COc1cc(C)cc(C)c1C(=O)C1CCC(CN)O1. The van der Waals surface area contributed by atoms with Crippen molar-refractivity contribution in [1.29, 1.82) is 0 Å². The topological polar surface area (TPSA) is 61.5 Å². The quantitative estimate of drug-likeness (QED) is 0.844. The zero-order chi connectivity index (χ0) is 14.0. The molecule has 1 aliphatic rings. The first-order valence-corrected chi connectivity index (χ1v) is 6.61. The molecule has 0 radical (unpaired) electrons. The van der Waals surface area contributed by atoms with Crippen molar-refractivity contribution < 1.29 is 14.3 Å². The zero-order valence-corrected chi connectivity index (χ0v) is 11.7. The first kappa shape index (κ1) is 14.0. The van der Waals surface area contributed by atoms with Gasteiger partial charge in [-0.25, -0.2) is 0 Å². The molecule has 4 nitrogen and oxygen atoms in total. The van der Waals surface area contributed by atoms with Crippen LogP contribution in [0.3, 0.4) is 0 Å². The van der Waals surface area contributed by atoms with Gasteiger partial charge in [0.2, 0.25) is 0 Å². The Balaban J connectivity index is 2.29. The second-order valence-electron chi connectivity index (χ2n) is 5.08. The number of nitrogens with two attached hydrogens (primary N) is 1. The number of ether oxygens (including phenoxy) is 2. The molecule has 1 saturated heterocycles. The fourth-order valence-electron chi connectivity index (χ4n) is 2.64. The lowest BCUT2D eigenvalue weighted by Gasteiger charge is -2.16. The van der Waals surface area contributed by atoms with Gasteiger partial charge in [0.05, 0.1) is 18.8 Å². The van der Waals surface area contributed by atoms with Crippen LogP contribution in [0.1, 0.15) is 34.3 Å². The second kappa shape index (κ2) is 5.72. The third-order valence-electron chi connectivity index (χ3n) is 3.57. The summed E-state index contributed by atoms with van der Waals surface area (Å²) in [6.45, 7) is 4.38. The molecule has 0 bridgehead atoms. The van der Waals surface area contributed by atoms with Crippen LogP contribution in [0.25, 0.3) is 0 Å². The van der Waals surface area contributed by atoms with Gasteiger partial charge in [-0.05, 0) is 43.9 Å². The Morgan fingerprint density at radius 3 is 2.74 bits per heavy atom. The molecule has 0 spiro atoms. The minimum absolute atomic E-state index is 0.00491. The highest BCUT2D eigenvalue weighted by Gasteiger charge is 2.32. The average Bonchev–Trinajstić information content (AvgIpc) is 2.85. The number of Topliss-reactive ketones (excluding diaryl/α,β-unsaturated/α-hetero) is 1. The molecule has 0 aromatic heterocycles. The smallest absolute Gasteiger partial charge is 0.195 e. The third kappa shape index (κ3) is 2.80. The molecule has 1 aromatic carbocycles. The molecule has 2 atom stereocenters. The van der Waals surface area contributed by atoms with E-state index >= 15 is 0 Å². The standard InChI is InChI=1S/C15H21NO3/c1-9-6-10(2)14(13(7-9)18-3)15(17)12-5-4-11(8-16)19-12/h6-7,11-12H,4-5,8,16H2,1-3H3. The lowest BCUT2D eigenvalue weighted by atomic mass is 9.96. The van der Waals surface area contributed by atoms with Gasteiger partial charge in [0.25, 0.3) is 0 Å². The lowest BCUT2D eigenvalue weighted by Crippen LogP contribution is -2.26. The molecular formula is C15H21NO3. The van der Waals surface area contributed by atoms with Crippen LogP contribution in [0.2, 0.25) is 0 Å². The van der Waals surface area contributed by atoms with Crippen molar-refractivity contribution in [2.45, 2.75) is 38.9 Å². The highest BCUT2D eigenvalue weighted by Crippen LogP contribution is 2.29. The molecule has 1 heterocycles. The maximum atomic E-state index is 12.6. The number of hydrogen-bond acceptors (Lipinski definition) is 4. The zero-order valence-electron chi connectivity index (χ0n) is 11.7. The van der Waals surface area contributed by atoms with Crippen LogP contribution in [0, 0.1) is 13.8 Å². The second-order valence-corrected chi connectivity index (χ2v) is 5.08. The van der Waals surface area contributed by atoms with Gasteiger partial charge in [-0.3, -0.25) is 4.79 Å². The normalized spacial score (nSPS) is 22.5. The number of carbonyl (C=O) groups is 1. The van der Waals surface area contributed by atoms with Crippen LogP contribution in [0.5, 0.6) is 5.75 Å². The number of carbonyl (C=O) groups excluding carboxylic acids is 1. The molecule has 19 heavy (non-hydrogen) atoms. The number of ketones is 1. The van der Waals surface area contributed by atoms with E-state index in [0.717, 1.165) is 24.0 Å². The van der Waals surface area contributed by atoms with Gasteiger partial charge < -0.3 is 15.2 Å². The Morgan fingerprint density at radius 2 is 2.16 bits per heavy atom. The van der Waals surface area contributed by atoms with Crippen LogP contribution in [-0.2, 0) is 4.74 Å². The number of methoxy groups -OCH3 is 1. The highest BCUT2D eigenvalue weighted by atomic mass is 16.5. The molecule has 1 aromatic rings. The van der Waals surface area contributed by atoms with E-state index in [-0.39, 0.29) is 18.0 Å². The fraction of sp³-hybridized carbons (Fsp3) is 0.533. The predicted octanol–water partition coefficient (Wildman–Crippen LogP) is 2.00. The van der Waals surface area contributed by atoms with E-state index in [1.807, 2.05) is 26.0 Å². The van der Waals surface area contributed by atoms with E-state index in [0.29, 0.717) is 17.9 Å². The lowest BCUT2D eigenvalue weighted by molar-refractivity contribution is 0.0401. The first-order valence-electron chi connectivity index (χ1n) is 6.61. The van der Waals surface area contributed by atoms with Gasteiger partial charge in [-0.1, -0.05) is 6.07 Å². The van der Waals surface area contributed by atoms with Gasteiger partial charge in [-0.15, -0.1) is 0 Å². The molecular weight excluding hydrogens is 242 g/mol. The van der Waals surface area contributed by atoms with E-state index in [1.165, 1.54) is 0 Å². The summed E-state index contributed by atoms with van der Waals surface area (Å²) in [5.74, 6) is 0.632. The number of aryl methyl sites for hydroxylation is 2. The molecule has 0 amide bonds. The van der Waals surface area contributed by atoms with E-state index in [4.69, 9.17) is 15.2 Å². The minimum Gasteiger partial charge on any atom is -0.496 e. The van der Waals surface area contributed by atoms with E-state index in [9.17, 15) is 4.79 Å². The Kier molecular flexibility index (Phi) is 4.22. The Labute approximate surface area is 113 Å². The summed E-state index contributed by atoms with van der Waals surface area (Å²) in [4.78, 5) is 12.6. The van der Waals surface area contributed by atoms with Crippen molar-refractivity contribution in [1.82, 2.24) is 0 Å². The summed E-state index contributed by atoms with van der Waals surface area (Å²) >= 11 is 0. The Hall–Kier alpha value is -1.39. The van der Waals surface area contributed by atoms with Gasteiger partial charge >= 0.3 is 0 Å². The van der Waals surface area contributed by atoms with Crippen molar-refractivity contribution in [3.63, 3.8) is 0 Å². The molecule has 0 aliphatic carbocycles. The van der Waals surface area contributed by atoms with Crippen LogP contribution in [0.4, 0.5) is 0 Å². The molecule has 4 heteroatoms. The predicted molar refractivity (Wildman–Crippen MR) is 73.7 cm³/mol. The van der Waals surface area contributed by atoms with Crippen molar-refractivity contribution >= 4 is 5.78 Å². The Morgan fingerprint density at radius 1 is 1.42 bits per heavy atom. The van der Waals surface area contributed by atoms with Gasteiger partial charge in [0.1, 0.15) is 11.9 Å². The molecule has 2 rings (SSSR count). The molecule has 1 aliphatic heterocycles. The van der Waals surface area contributed by atoms with E-state index < -0.39 is 0 Å². The molecule has 2 unspecified atom stereocenters. The van der Waals surface area contributed by atoms with E-state index in [2.05, 4.69) is 0 Å². The summed E-state index contributed by atoms with van der Waals surface area (Å²) in [7, 11) is 1.59. The van der Waals surface area contributed by atoms with Crippen LogP contribution in [0.15, 0.2) is 12.1 Å². The van der Waals surface area contributed by atoms with Crippen molar-refractivity contribution in [3.05, 3.63) is 28.8 Å². The van der Waals surface area contributed by atoms with Crippen LogP contribution < -0.4 is 10.5 Å². The average molecular weight is 263 g/mol. The summed E-state index contributed by atoms with van der Waals surface area (Å²) in [5, 5.41) is 0. The van der Waals surface area contributed by atoms with Crippen molar-refractivity contribution in [2.24, 2.45) is 5.73 Å². The van der Waals surface area contributed by atoms with Crippen LogP contribution in [-0.4, -0.2) is 31.6 Å². The summed E-state index contributed by atoms with van der Waals surface area (Å²) in [6, 6.07) is 3.88. The van der Waals surface area contributed by atoms with Crippen LogP contribution >= 0.6 is 0 Å². The summed E-state index contributed by atoms with van der Waals surface area (Å²) in [5.41, 5.74) is 8.23. The maximum Gasteiger partial charge on any atom is 0.195 e.